The fourth-order valence-corrected chi connectivity index (χ4v) is 1.90. The molecule has 0 N–H and O–H groups in total. The molecule has 12 heavy (non-hydrogen) atoms. The van der Waals surface area contributed by atoms with Crippen LogP contribution in [0.2, 0.25) is 0 Å². The van der Waals surface area contributed by atoms with Crippen LogP contribution in [0.15, 0.2) is 40.6 Å². The van der Waals surface area contributed by atoms with Gasteiger partial charge >= 0.3 is 0 Å². The van der Waals surface area contributed by atoms with E-state index < -0.39 is 0 Å². The van der Waals surface area contributed by atoms with Crippen molar-refractivity contribution in [3.8, 4) is 0 Å². The lowest BCUT2D eigenvalue weighted by atomic mass is 10.0. The second-order valence-electron chi connectivity index (χ2n) is 3.69. The molecule has 1 heterocycles. The van der Waals surface area contributed by atoms with Gasteiger partial charge in [-0.2, -0.15) is 0 Å². The van der Waals surface area contributed by atoms with E-state index in [2.05, 4.69) is 29.3 Å². The van der Waals surface area contributed by atoms with Crippen molar-refractivity contribution in [2.75, 3.05) is 0 Å². The third kappa shape index (κ3) is 0.893. The summed E-state index contributed by atoms with van der Waals surface area (Å²) >= 11 is 0. The molecule has 1 fully saturated rings. The van der Waals surface area contributed by atoms with Gasteiger partial charge in [0.05, 0.1) is 5.70 Å². The Hall–Kier alpha value is -1.11. The molecule has 0 radical (unpaired) electrons. The van der Waals surface area contributed by atoms with Gasteiger partial charge in [0.2, 0.25) is 0 Å². The number of allylic oxidation sites excluding steroid dienone is 4. The zero-order valence-electron chi connectivity index (χ0n) is 6.90. The zero-order valence-corrected chi connectivity index (χ0v) is 6.90. The molecular formula is C11H11N. The fraction of sp³-hybridized carbons (Fsp3) is 0.364. The van der Waals surface area contributed by atoms with Crippen LogP contribution in [0.25, 0.3) is 0 Å². The van der Waals surface area contributed by atoms with Gasteiger partial charge in [-0.3, -0.25) is 4.99 Å². The molecule has 0 spiro atoms. The summed E-state index contributed by atoms with van der Waals surface area (Å²) in [7, 11) is 0. The molecule has 0 aromatic heterocycles. The van der Waals surface area contributed by atoms with Crippen LogP contribution in [0.5, 0.6) is 0 Å². The van der Waals surface area contributed by atoms with Crippen LogP contribution < -0.4 is 0 Å². The predicted octanol–water partition coefficient (Wildman–Crippen LogP) is 2.48. The van der Waals surface area contributed by atoms with Crippen LogP contribution in [0.1, 0.15) is 12.8 Å². The number of hydrogen-bond acceptors (Lipinski definition) is 1. The highest BCUT2D eigenvalue weighted by molar-refractivity contribution is 5.66. The van der Waals surface area contributed by atoms with Crippen molar-refractivity contribution in [2.45, 2.75) is 12.8 Å². The molecule has 2 atom stereocenters. The smallest absolute Gasteiger partial charge is 0.0658 e. The van der Waals surface area contributed by atoms with Crippen LogP contribution in [-0.4, -0.2) is 6.21 Å². The molecule has 0 bridgehead atoms. The minimum atomic E-state index is 0.812. The van der Waals surface area contributed by atoms with E-state index in [1.807, 2.05) is 6.21 Å². The van der Waals surface area contributed by atoms with Crippen LogP contribution in [0.3, 0.4) is 0 Å². The normalized spacial score (nSPS) is 36.0. The highest BCUT2D eigenvalue weighted by Gasteiger charge is 2.36. The first-order valence-corrected chi connectivity index (χ1v) is 4.56. The van der Waals surface area contributed by atoms with Gasteiger partial charge in [0.1, 0.15) is 0 Å². The van der Waals surface area contributed by atoms with Crippen LogP contribution >= 0.6 is 0 Å². The summed E-state index contributed by atoms with van der Waals surface area (Å²) in [5.74, 6) is 1.65. The predicted molar refractivity (Wildman–Crippen MR) is 50.0 cm³/mol. The zero-order chi connectivity index (χ0) is 7.97. The van der Waals surface area contributed by atoms with E-state index in [0.717, 1.165) is 18.3 Å². The lowest BCUT2D eigenvalue weighted by Gasteiger charge is -2.06. The first-order chi connectivity index (χ1) is 5.93. The maximum atomic E-state index is 4.43. The highest BCUT2D eigenvalue weighted by Crippen LogP contribution is 2.46. The van der Waals surface area contributed by atoms with E-state index in [9.17, 15) is 0 Å². The van der Waals surface area contributed by atoms with Gasteiger partial charge in [0.25, 0.3) is 0 Å². The van der Waals surface area contributed by atoms with Crippen molar-refractivity contribution in [1.82, 2.24) is 0 Å². The second kappa shape index (κ2) is 2.19. The van der Waals surface area contributed by atoms with E-state index in [1.54, 1.807) is 0 Å². The summed E-state index contributed by atoms with van der Waals surface area (Å²) in [5, 5.41) is 0. The molecule has 0 saturated heterocycles. The Morgan fingerprint density at radius 2 is 2.17 bits per heavy atom. The Morgan fingerprint density at radius 3 is 3.17 bits per heavy atom. The number of nitrogens with zero attached hydrogens (tertiary/aromatic N) is 1. The van der Waals surface area contributed by atoms with Gasteiger partial charge in [-0.05, 0) is 23.8 Å². The highest BCUT2D eigenvalue weighted by atomic mass is 14.7. The third-order valence-electron chi connectivity index (χ3n) is 2.72. The average molecular weight is 157 g/mol. The van der Waals surface area contributed by atoms with Crippen LogP contribution in [0, 0.1) is 11.8 Å². The Balaban J connectivity index is 2.08. The Bertz CT molecular complexity index is 299. The van der Waals surface area contributed by atoms with Crippen molar-refractivity contribution >= 4 is 6.21 Å². The number of fused-ring (bicyclic) bond motifs is 2. The van der Waals surface area contributed by atoms with Gasteiger partial charge in [-0.25, -0.2) is 0 Å². The Kier molecular flexibility index (Phi) is 1.17. The first-order valence-electron chi connectivity index (χ1n) is 4.56. The molecule has 60 valence electrons. The largest absolute Gasteiger partial charge is 0.261 e. The SMILES string of the molecule is C1=CC2=CC3CC3C=C2N=CC1. The Morgan fingerprint density at radius 1 is 1.25 bits per heavy atom. The summed E-state index contributed by atoms with van der Waals surface area (Å²) in [6.07, 6.45) is 13.4. The molecule has 3 rings (SSSR count). The van der Waals surface area contributed by atoms with Crippen molar-refractivity contribution in [3.05, 3.63) is 35.6 Å². The maximum Gasteiger partial charge on any atom is 0.0658 e. The molecule has 1 heteroatoms. The molecule has 1 aliphatic heterocycles. The maximum absolute atomic E-state index is 4.43. The summed E-state index contributed by atoms with van der Waals surface area (Å²) < 4.78 is 0. The molecule has 1 nitrogen and oxygen atoms in total. The van der Waals surface area contributed by atoms with Crippen LogP contribution in [0.4, 0.5) is 0 Å². The molecule has 3 aliphatic rings. The van der Waals surface area contributed by atoms with Gasteiger partial charge in [0.15, 0.2) is 0 Å². The van der Waals surface area contributed by atoms with E-state index in [-0.39, 0.29) is 0 Å². The standard InChI is InChI=1S/C11H11N/c1-2-4-12-11-7-10-6-9(10)5-8(11)3-1/h1,3-5,7,9-10H,2,6H2. The van der Waals surface area contributed by atoms with Crippen molar-refractivity contribution < 1.29 is 0 Å². The van der Waals surface area contributed by atoms with E-state index in [0.29, 0.717) is 0 Å². The lowest BCUT2D eigenvalue weighted by molar-refractivity contribution is 0.947. The minimum Gasteiger partial charge on any atom is -0.261 e. The van der Waals surface area contributed by atoms with Gasteiger partial charge in [-0.1, -0.05) is 24.3 Å². The number of aliphatic imine (C=N–C) groups is 1. The van der Waals surface area contributed by atoms with Gasteiger partial charge in [-0.15, -0.1) is 0 Å². The summed E-state index contributed by atoms with van der Waals surface area (Å²) in [6.45, 7) is 0. The topological polar surface area (TPSA) is 12.4 Å². The molecule has 0 aromatic carbocycles. The lowest BCUT2D eigenvalue weighted by Crippen LogP contribution is -1.91. The first kappa shape index (κ1) is 6.41. The van der Waals surface area contributed by atoms with Gasteiger partial charge < -0.3 is 0 Å². The molecule has 0 amide bonds. The van der Waals surface area contributed by atoms with Crippen LogP contribution in [-0.2, 0) is 0 Å². The van der Waals surface area contributed by atoms with Crippen molar-refractivity contribution in [3.63, 3.8) is 0 Å². The molecule has 0 aromatic rings. The fourth-order valence-electron chi connectivity index (χ4n) is 1.90. The summed E-state index contributed by atoms with van der Waals surface area (Å²) in [4.78, 5) is 4.43. The Labute approximate surface area is 72.2 Å². The average Bonchev–Trinajstić information content (AvgIpc) is 2.81. The molecule has 2 aliphatic carbocycles. The second-order valence-corrected chi connectivity index (χ2v) is 3.69. The summed E-state index contributed by atoms with van der Waals surface area (Å²) in [6, 6.07) is 0. The molecular weight excluding hydrogens is 146 g/mol. The summed E-state index contributed by atoms with van der Waals surface area (Å²) in [5.41, 5.74) is 2.53. The minimum absolute atomic E-state index is 0.812. The number of hydrogen-bond donors (Lipinski definition) is 0. The third-order valence-corrected chi connectivity index (χ3v) is 2.72. The van der Waals surface area contributed by atoms with Gasteiger partial charge in [0, 0.05) is 12.6 Å². The quantitative estimate of drug-likeness (QED) is 0.512. The van der Waals surface area contributed by atoms with E-state index in [4.69, 9.17) is 0 Å². The molecule has 2 unspecified atom stereocenters. The van der Waals surface area contributed by atoms with E-state index >= 15 is 0 Å². The molecule has 1 saturated carbocycles. The van der Waals surface area contributed by atoms with Crippen molar-refractivity contribution in [2.24, 2.45) is 16.8 Å². The monoisotopic (exact) mass is 157 g/mol. The van der Waals surface area contributed by atoms with E-state index in [1.165, 1.54) is 17.7 Å². The number of rotatable bonds is 0. The van der Waals surface area contributed by atoms with Crippen molar-refractivity contribution in [1.29, 1.82) is 0 Å².